The molecule has 1 aliphatic heterocycles. The van der Waals surface area contributed by atoms with Gasteiger partial charge >= 0.3 is 5.69 Å². The SMILES string of the molecule is CNC(=O)CO[C@@H]1[C@H](O)C([C@H](C)O)O[C@H]1n1cc(C)c(=O)[nH]c1=O. The Morgan fingerprint density at radius 2 is 2.21 bits per heavy atom. The minimum absolute atomic E-state index is 0.262. The van der Waals surface area contributed by atoms with Gasteiger partial charge in [-0.15, -0.1) is 0 Å². The Hall–Kier alpha value is -2.01. The molecule has 2 rings (SSSR count). The maximum atomic E-state index is 12.1. The second-order valence-electron chi connectivity index (χ2n) is 5.65. The standard InChI is InChI=1S/C14H21N3O7/c1-6-4-17(14(22)16-12(6)21)13-11(23-5-8(19)15-3)9(20)10(24-13)7(2)18/h4,7,9-11,13,18,20H,5H2,1-3H3,(H,15,19)(H,16,21,22)/t7-,9+,10?,11+,13+/m0/s1. The third kappa shape index (κ3) is 3.56. The average molecular weight is 343 g/mol. The molecular weight excluding hydrogens is 322 g/mol. The number of ether oxygens (including phenoxy) is 2. The Balaban J connectivity index is 2.37. The topological polar surface area (TPSA) is 143 Å². The molecule has 24 heavy (non-hydrogen) atoms. The molecule has 0 bridgehead atoms. The van der Waals surface area contributed by atoms with Crippen LogP contribution in [0.2, 0.25) is 0 Å². The average Bonchev–Trinajstić information content (AvgIpc) is 2.85. The molecule has 10 heteroatoms. The van der Waals surface area contributed by atoms with Crippen molar-refractivity contribution in [1.82, 2.24) is 14.9 Å². The van der Waals surface area contributed by atoms with Crippen molar-refractivity contribution in [2.24, 2.45) is 0 Å². The van der Waals surface area contributed by atoms with E-state index in [2.05, 4.69) is 10.3 Å². The van der Waals surface area contributed by atoms with Crippen LogP contribution in [-0.2, 0) is 14.3 Å². The van der Waals surface area contributed by atoms with Gasteiger partial charge in [-0.3, -0.25) is 19.1 Å². The summed E-state index contributed by atoms with van der Waals surface area (Å²) >= 11 is 0. The van der Waals surface area contributed by atoms with E-state index in [0.717, 1.165) is 4.57 Å². The second kappa shape index (κ2) is 7.26. The number of amides is 1. The molecule has 134 valence electrons. The van der Waals surface area contributed by atoms with Crippen LogP contribution >= 0.6 is 0 Å². The zero-order valence-electron chi connectivity index (χ0n) is 13.6. The molecule has 2 heterocycles. The molecule has 1 aromatic heterocycles. The number of hydrogen-bond acceptors (Lipinski definition) is 7. The molecule has 1 unspecified atom stereocenters. The number of aliphatic hydroxyl groups is 2. The fraction of sp³-hybridized carbons (Fsp3) is 0.643. The first-order valence-electron chi connectivity index (χ1n) is 7.42. The number of hydrogen-bond donors (Lipinski definition) is 4. The number of H-pyrrole nitrogens is 1. The molecule has 1 aromatic rings. The van der Waals surface area contributed by atoms with Gasteiger partial charge in [0.25, 0.3) is 5.56 Å². The summed E-state index contributed by atoms with van der Waals surface area (Å²) in [6.45, 7) is 2.57. The van der Waals surface area contributed by atoms with Crippen LogP contribution in [0, 0.1) is 6.92 Å². The van der Waals surface area contributed by atoms with E-state index in [1.165, 1.54) is 27.1 Å². The Labute approximate surface area is 137 Å². The van der Waals surface area contributed by atoms with Crippen molar-refractivity contribution in [3.05, 3.63) is 32.6 Å². The highest BCUT2D eigenvalue weighted by molar-refractivity contribution is 5.76. The maximum Gasteiger partial charge on any atom is 0.330 e. The largest absolute Gasteiger partial charge is 0.391 e. The fourth-order valence-corrected chi connectivity index (χ4v) is 2.50. The number of likely N-dealkylation sites (N-methyl/N-ethyl adjacent to an activating group) is 1. The monoisotopic (exact) mass is 343 g/mol. The summed E-state index contributed by atoms with van der Waals surface area (Å²) in [5.41, 5.74) is -1.02. The molecule has 4 N–H and O–H groups in total. The Bertz CT molecular complexity index is 711. The van der Waals surface area contributed by atoms with Crippen LogP contribution in [0.3, 0.4) is 0 Å². The summed E-state index contributed by atoms with van der Waals surface area (Å²) in [5, 5.41) is 22.4. The van der Waals surface area contributed by atoms with Gasteiger partial charge in [-0.05, 0) is 13.8 Å². The summed E-state index contributed by atoms with van der Waals surface area (Å²) < 4.78 is 12.0. The Morgan fingerprint density at radius 3 is 2.79 bits per heavy atom. The van der Waals surface area contributed by atoms with E-state index in [-0.39, 0.29) is 12.2 Å². The van der Waals surface area contributed by atoms with Gasteiger partial charge in [-0.2, -0.15) is 0 Å². The van der Waals surface area contributed by atoms with Crippen molar-refractivity contribution >= 4 is 5.91 Å². The van der Waals surface area contributed by atoms with Crippen molar-refractivity contribution in [2.45, 2.75) is 44.5 Å². The maximum absolute atomic E-state index is 12.1. The summed E-state index contributed by atoms with van der Waals surface area (Å²) in [5.74, 6) is -0.425. The minimum atomic E-state index is -1.27. The van der Waals surface area contributed by atoms with Crippen LogP contribution in [-0.4, -0.2) is 63.7 Å². The van der Waals surface area contributed by atoms with Gasteiger partial charge in [0.1, 0.15) is 24.9 Å². The zero-order valence-corrected chi connectivity index (χ0v) is 13.6. The highest BCUT2D eigenvalue weighted by Crippen LogP contribution is 2.32. The van der Waals surface area contributed by atoms with Crippen molar-refractivity contribution in [3.8, 4) is 0 Å². The fourth-order valence-electron chi connectivity index (χ4n) is 2.50. The molecule has 0 aromatic carbocycles. The second-order valence-corrected chi connectivity index (χ2v) is 5.65. The first kappa shape index (κ1) is 18.3. The minimum Gasteiger partial charge on any atom is -0.391 e. The van der Waals surface area contributed by atoms with Crippen LogP contribution in [0.25, 0.3) is 0 Å². The number of aryl methyl sites for hydroxylation is 1. The predicted molar refractivity (Wildman–Crippen MR) is 81.5 cm³/mol. The van der Waals surface area contributed by atoms with Crippen molar-refractivity contribution in [1.29, 1.82) is 0 Å². The number of nitrogens with one attached hydrogen (secondary N) is 2. The summed E-state index contributed by atoms with van der Waals surface area (Å²) in [6, 6.07) is 0. The molecule has 1 aliphatic rings. The lowest BCUT2D eigenvalue weighted by molar-refractivity contribution is -0.132. The number of carbonyl (C=O) groups is 1. The lowest BCUT2D eigenvalue weighted by Crippen LogP contribution is -2.42. The molecule has 0 saturated carbocycles. The van der Waals surface area contributed by atoms with Crippen LogP contribution in [0.1, 0.15) is 18.7 Å². The first-order chi connectivity index (χ1) is 11.3. The van der Waals surface area contributed by atoms with E-state index in [0.29, 0.717) is 0 Å². The molecule has 10 nitrogen and oxygen atoms in total. The number of rotatable bonds is 5. The molecule has 0 spiro atoms. The van der Waals surface area contributed by atoms with Crippen LogP contribution in [0.15, 0.2) is 15.8 Å². The van der Waals surface area contributed by atoms with E-state index in [9.17, 15) is 24.6 Å². The van der Waals surface area contributed by atoms with Crippen molar-refractivity contribution in [2.75, 3.05) is 13.7 Å². The number of aromatic nitrogens is 2. The van der Waals surface area contributed by atoms with Gasteiger partial charge in [0.15, 0.2) is 6.23 Å². The number of nitrogens with zero attached hydrogens (tertiary/aromatic N) is 1. The number of carbonyl (C=O) groups excluding carboxylic acids is 1. The molecule has 1 amide bonds. The van der Waals surface area contributed by atoms with Gasteiger partial charge in [-0.1, -0.05) is 0 Å². The molecular formula is C14H21N3O7. The van der Waals surface area contributed by atoms with E-state index >= 15 is 0 Å². The lowest BCUT2D eigenvalue weighted by Gasteiger charge is -2.22. The van der Waals surface area contributed by atoms with Gasteiger partial charge in [0, 0.05) is 18.8 Å². The van der Waals surface area contributed by atoms with Crippen molar-refractivity contribution in [3.63, 3.8) is 0 Å². The third-order valence-electron chi connectivity index (χ3n) is 3.83. The zero-order chi connectivity index (χ0) is 18.0. The van der Waals surface area contributed by atoms with E-state index in [1.54, 1.807) is 0 Å². The quantitative estimate of drug-likeness (QED) is 0.467. The van der Waals surface area contributed by atoms with E-state index in [1.807, 2.05) is 0 Å². The highest BCUT2D eigenvalue weighted by Gasteiger charge is 2.48. The van der Waals surface area contributed by atoms with E-state index in [4.69, 9.17) is 9.47 Å². The Morgan fingerprint density at radius 1 is 1.54 bits per heavy atom. The first-order valence-corrected chi connectivity index (χ1v) is 7.42. The molecule has 5 atom stereocenters. The number of aromatic amines is 1. The van der Waals surface area contributed by atoms with Crippen molar-refractivity contribution < 1.29 is 24.5 Å². The molecule has 0 aliphatic carbocycles. The molecule has 1 saturated heterocycles. The van der Waals surface area contributed by atoms with Crippen LogP contribution in [0.4, 0.5) is 0 Å². The van der Waals surface area contributed by atoms with Crippen LogP contribution < -0.4 is 16.6 Å². The normalized spacial score (nSPS) is 27.9. The molecule has 0 radical (unpaired) electrons. The summed E-state index contributed by atoms with van der Waals surface area (Å²) in [6.07, 6.45) is -4.21. The third-order valence-corrected chi connectivity index (χ3v) is 3.83. The van der Waals surface area contributed by atoms with Gasteiger partial charge in [-0.25, -0.2) is 4.79 Å². The van der Waals surface area contributed by atoms with Crippen LogP contribution in [0.5, 0.6) is 0 Å². The summed E-state index contributed by atoms with van der Waals surface area (Å²) in [7, 11) is 1.43. The summed E-state index contributed by atoms with van der Waals surface area (Å²) in [4.78, 5) is 37.1. The van der Waals surface area contributed by atoms with E-state index < -0.39 is 47.8 Å². The predicted octanol–water partition coefficient (Wildman–Crippen LogP) is -2.38. The Kier molecular flexibility index (Phi) is 5.54. The lowest BCUT2D eigenvalue weighted by atomic mass is 10.1. The van der Waals surface area contributed by atoms with Gasteiger partial charge in [0.2, 0.25) is 5.91 Å². The molecule has 1 fully saturated rings. The smallest absolute Gasteiger partial charge is 0.330 e. The highest BCUT2D eigenvalue weighted by atomic mass is 16.6. The van der Waals surface area contributed by atoms with Gasteiger partial charge < -0.3 is 25.0 Å². The number of aliphatic hydroxyl groups excluding tert-OH is 2. The van der Waals surface area contributed by atoms with Gasteiger partial charge in [0.05, 0.1) is 6.10 Å².